The SMILES string of the molecule is COc1ccc(C(OC)(c2ccc(OC)cc2)c2ccc(OCC(=O)CCC(=O)O[C@H]3C[C@H](n4cc(C)c(=O)[nH]c4=O)O[C@@H]3COP(OCCC#N)N(C(C)C)C(C)C)cc2)cc1. The summed E-state index contributed by atoms with van der Waals surface area (Å²) in [5.74, 6) is 0.881. The van der Waals surface area contributed by atoms with Gasteiger partial charge in [0, 0.05) is 43.8 Å². The molecule has 2 heterocycles. The highest BCUT2D eigenvalue weighted by Gasteiger charge is 2.41. The standard InChI is InChI=1S/C46H57N4O12P/c1-30(2)50(31(3)4)63(59-25-9-24-47)60-29-41-40(26-42(61-41)49-27-32(5)44(53)48-45(49)54)62-43(52)23-16-36(51)28-58-39-21-14-35(15-22-39)46(57-8,33-10-17-37(55-6)18-11-33)34-12-19-38(56-7)20-13-34/h10-15,17-22,27,30-31,40-42H,9,16,23,25-26,28-29H2,1-8H3,(H,48,53,54)/t40-,41+,42+,63?/m0/s1. The van der Waals surface area contributed by atoms with Crippen molar-refractivity contribution in [1.82, 2.24) is 14.2 Å². The van der Waals surface area contributed by atoms with E-state index in [0.717, 1.165) is 16.7 Å². The smallest absolute Gasteiger partial charge is 0.330 e. The molecule has 4 atom stereocenters. The number of rotatable bonds is 23. The summed E-state index contributed by atoms with van der Waals surface area (Å²) in [6.45, 7) is 9.40. The van der Waals surface area contributed by atoms with E-state index in [1.807, 2.05) is 88.4 Å². The molecule has 17 heteroatoms. The van der Waals surface area contributed by atoms with E-state index in [1.165, 1.54) is 10.8 Å². The van der Waals surface area contributed by atoms with Crippen LogP contribution >= 0.6 is 8.53 Å². The Labute approximate surface area is 368 Å². The van der Waals surface area contributed by atoms with Crippen LogP contribution < -0.4 is 25.5 Å². The predicted molar refractivity (Wildman–Crippen MR) is 235 cm³/mol. The zero-order valence-corrected chi connectivity index (χ0v) is 37.9. The number of benzene rings is 3. The van der Waals surface area contributed by atoms with Crippen LogP contribution in [-0.2, 0) is 38.4 Å². The van der Waals surface area contributed by atoms with Gasteiger partial charge in [-0.2, -0.15) is 5.26 Å². The van der Waals surface area contributed by atoms with Crippen molar-refractivity contribution >= 4 is 20.3 Å². The van der Waals surface area contributed by atoms with Crippen molar-refractivity contribution in [1.29, 1.82) is 5.26 Å². The number of hydrogen-bond donors (Lipinski definition) is 1. The van der Waals surface area contributed by atoms with Gasteiger partial charge >= 0.3 is 11.7 Å². The number of Topliss-reactive ketones (excluding diaryl/α,β-unsaturated/α-hetero) is 1. The number of carbonyl (C=O) groups excluding carboxylic acids is 2. The number of hydrogen-bond acceptors (Lipinski definition) is 14. The second-order valence-corrected chi connectivity index (χ2v) is 16.9. The molecular formula is C46H57N4O12P. The monoisotopic (exact) mass is 888 g/mol. The summed E-state index contributed by atoms with van der Waals surface area (Å²) in [5, 5.41) is 9.11. The number of methoxy groups -OCH3 is 3. The minimum Gasteiger partial charge on any atom is -0.497 e. The highest BCUT2D eigenvalue weighted by molar-refractivity contribution is 7.44. The lowest BCUT2D eigenvalue weighted by Gasteiger charge is -2.36. The van der Waals surface area contributed by atoms with E-state index >= 15 is 0 Å². The molecule has 3 aromatic carbocycles. The van der Waals surface area contributed by atoms with Crippen LogP contribution in [0, 0.1) is 18.3 Å². The third-order valence-electron chi connectivity index (χ3n) is 10.5. The molecule has 1 aromatic heterocycles. The number of H-pyrrole nitrogens is 1. The lowest BCUT2D eigenvalue weighted by atomic mass is 9.80. The van der Waals surface area contributed by atoms with Gasteiger partial charge in [-0.25, -0.2) is 9.46 Å². The molecule has 338 valence electrons. The maximum atomic E-state index is 13.3. The van der Waals surface area contributed by atoms with E-state index < -0.39 is 49.8 Å². The number of nitrogens with zero attached hydrogens (tertiary/aromatic N) is 3. The van der Waals surface area contributed by atoms with Gasteiger partial charge in [-0.1, -0.05) is 36.4 Å². The minimum atomic E-state index is -1.65. The molecule has 5 rings (SSSR count). The number of carbonyl (C=O) groups is 2. The third kappa shape index (κ3) is 12.2. The Morgan fingerprint density at radius 1 is 0.873 bits per heavy atom. The van der Waals surface area contributed by atoms with E-state index in [2.05, 4.69) is 15.7 Å². The maximum Gasteiger partial charge on any atom is 0.330 e. The zero-order valence-electron chi connectivity index (χ0n) is 37.0. The van der Waals surface area contributed by atoms with Crippen LogP contribution in [0.3, 0.4) is 0 Å². The Balaban J connectivity index is 1.24. The summed E-state index contributed by atoms with van der Waals surface area (Å²) < 4.78 is 50.7. The van der Waals surface area contributed by atoms with Gasteiger partial charge in [-0.05, 0) is 87.7 Å². The van der Waals surface area contributed by atoms with Crippen molar-refractivity contribution in [2.45, 2.75) is 96.4 Å². The summed E-state index contributed by atoms with van der Waals surface area (Å²) in [6.07, 6.45) is -1.33. The highest BCUT2D eigenvalue weighted by Crippen LogP contribution is 2.47. The van der Waals surface area contributed by atoms with E-state index in [9.17, 15) is 19.2 Å². The largest absolute Gasteiger partial charge is 0.497 e. The topological polar surface area (TPSA) is 190 Å². The molecule has 0 bridgehead atoms. The number of aromatic nitrogens is 2. The van der Waals surface area contributed by atoms with Gasteiger partial charge in [-0.15, -0.1) is 0 Å². The molecule has 1 saturated heterocycles. The highest BCUT2D eigenvalue weighted by atomic mass is 31.2. The average molecular weight is 889 g/mol. The predicted octanol–water partition coefficient (Wildman–Crippen LogP) is 6.72. The van der Waals surface area contributed by atoms with Gasteiger partial charge in [0.25, 0.3) is 14.1 Å². The molecule has 1 fully saturated rings. The molecule has 0 aliphatic carbocycles. The molecule has 63 heavy (non-hydrogen) atoms. The normalized spacial score (nSPS) is 16.8. The molecule has 1 aliphatic rings. The van der Waals surface area contributed by atoms with Crippen molar-refractivity contribution in [2.24, 2.45) is 0 Å². The van der Waals surface area contributed by atoms with Gasteiger partial charge in [0.05, 0.1) is 46.3 Å². The van der Waals surface area contributed by atoms with Crippen molar-refractivity contribution in [3.05, 3.63) is 122 Å². The number of ketones is 1. The third-order valence-corrected chi connectivity index (χ3v) is 12.6. The van der Waals surface area contributed by atoms with Crippen LogP contribution in [0.4, 0.5) is 0 Å². The summed E-state index contributed by atoms with van der Waals surface area (Å²) in [6, 6.07) is 24.7. The second kappa shape index (κ2) is 22.8. The van der Waals surface area contributed by atoms with Crippen LogP contribution in [0.1, 0.15) is 81.9 Å². The quantitative estimate of drug-likeness (QED) is 0.0358. The number of aromatic amines is 1. The van der Waals surface area contributed by atoms with Gasteiger partial charge in [0.15, 0.2) is 5.78 Å². The number of ether oxygens (including phenoxy) is 6. The van der Waals surface area contributed by atoms with E-state index in [0.29, 0.717) is 22.8 Å². The zero-order chi connectivity index (χ0) is 45.7. The Kier molecular flexibility index (Phi) is 17.6. The number of aryl methyl sites for hydroxylation is 1. The molecule has 0 amide bonds. The fraction of sp³-hybridized carbons (Fsp3) is 0.457. The Hall–Kier alpha value is -5.40. The first kappa shape index (κ1) is 48.6. The average Bonchev–Trinajstić information content (AvgIpc) is 3.67. The molecule has 1 aliphatic heterocycles. The molecule has 16 nitrogen and oxygen atoms in total. The van der Waals surface area contributed by atoms with Crippen LogP contribution in [0.25, 0.3) is 0 Å². The minimum absolute atomic E-state index is 0.0398. The van der Waals surface area contributed by atoms with Crippen LogP contribution in [0.15, 0.2) is 88.6 Å². The van der Waals surface area contributed by atoms with Crippen LogP contribution in [-0.4, -0.2) is 91.4 Å². The fourth-order valence-electron chi connectivity index (χ4n) is 7.39. The van der Waals surface area contributed by atoms with E-state index in [4.69, 9.17) is 42.7 Å². The lowest BCUT2D eigenvalue weighted by Crippen LogP contribution is -2.36. The summed E-state index contributed by atoms with van der Waals surface area (Å²) >= 11 is 0. The first-order chi connectivity index (χ1) is 30.2. The van der Waals surface area contributed by atoms with Crippen molar-refractivity contribution in [3.63, 3.8) is 0 Å². The van der Waals surface area contributed by atoms with Crippen LogP contribution in [0.5, 0.6) is 17.2 Å². The van der Waals surface area contributed by atoms with Crippen molar-refractivity contribution in [3.8, 4) is 23.3 Å². The lowest BCUT2D eigenvalue weighted by molar-refractivity contribution is -0.153. The number of esters is 1. The molecule has 1 unspecified atom stereocenters. The number of nitrogens with one attached hydrogen (secondary N) is 1. The molecular weight excluding hydrogens is 831 g/mol. The van der Waals surface area contributed by atoms with E-state index in [-0.39, 0.29) is 63.4 Å². The van der Waals surface area contributed by atoms with Gasteiger partial charge < -0.3 is 37.5 Å². The molecule has 1 N–H and O–H groups in total. The Bertz CT molecular complexity index is 2220. The van der Waals surface area contributed by atoms with Crippen molar-refractivity contribution < 1.29 is 47.1 Å². The van der Waals surface area contributed by atoms with Gasteiger partial charge in [-0.3, -0.25) is 23.9 Å². The summed E-state index contributed by atoms with van der Waals surface area (Å²) in [5.41, 5.74) is 0.628. The van der Waals surface area contributed by atoms with Crippen molar-refractivity contribution in [2.75, 3.05) is 41.2 Å². The van der Waals surface area contributed by atoms with Crippen LogP contribution in [0.2, 0.25) is 0 Å². The fourth-order valence-corrected chi connectivity index (χ4v) is 9.01. The van der Waals surface area contributed by atoms with Gasteiger partial charge in [0.2, 0.25) is 0 Å². The second-order valence-electron chi connectivity index (χ2n) is 15.4. The summed E-state index contributed by atoms with van der Waals surface area (Å²) in [4.78, 5) is 53.5. The molecule has 4 aromatic rings. The molecule has 0 radical (unpaired) electrons. The molecule has 0 spiro atoms. The number of nitriles is 1. The van der Waals surface area contributed by atoms with Gasteiger partial charge in [0.1, 0.15) is 47.9 Å². The first-order valence-electron chi connectivity index (χ1n) is 20.7. The Morgan fingerprint density at radius 3 is 1.94 bits per heavy atom. The molecule has 0 saturated carbocycles. The first-order valence-corrected chi connectivity index (χ1v) is 21.8. The maximum absolute atomic E-state index is 13.3. The summed E-state index contributed by atoms with van der Waals surface area (Å²) in [7, 11) is 3.20. The Morgan fingerprint density at radius 2 is 1.43 bits per heavy atom. The van der Waals surface area contributed by atoms with E-state index in [1.54, 1.807) is 40.4 Å².